The summed E-state index contributed by atoms with van der Waals surface area (Å²) in [4.78, 5) is 21.1. The van der Waals surface area contributed by atoms with Gasteiger partial charge in [0.25, 0.3) is 5.91 Å². The lowest BCUT2D eigenvalue weighted by Crippen LogP contribution is -2.26. The number of carbonyl (C=O) groups is 1. The number of amides is 1. The molecular formula is C26H19Cl2FN6OS2. The lowest BCUT2D eigenvalue weighted by atomic mass is 10.1. The monoisotopic (exact) mass is 584 g/mol. The third kappa shape index (κ3) is 6.05. The molecule has 0 fully saturated rings. The van der Waals surface area contributed by atoms with Crippen LogP contribution in [0.4, 0.5) is 4.39 Å². The van der Waals surface area contributed by atoms with Gasteiger partial charge >= 0.3 is 0 Å². The zero-order chi connectivity index (χ0) is 26.5. The van der Waals surface area contributed by atoms with E-state index in [0.29, 0.717) is 51.1 Å². The van der Waals surface area contributed by atoms with Gasteiger partial charge in [0.05, 0.1) is 11.4 Å². The highest BCUT2D eigenvalue weighted by Crippen LogP contribution is 2.31. The molecule has 0 spiro atoms. The summed E-state index contributed by atoms with van der Waals surface area (Å²) < 4.78 is 16.4. The molecule has 0 bridgehead atoms. The average Bonchev–Trinajstić information content (AvgIpc) is 3.57. The number of thiazole rings is 1. The van der Waals surface area contributed by atoms with Gasteiger partial charge in [-0.2, -0.15) is 0 Å². The number of aromatic nitrogens is 5. The molecule has 38 heavy (non-hydrogen) atoms. The minimum Gasteiger partial charge on any atom is -0.350 e. The van der Waals surface area contributed by atoms with Crippen molar-refractivity contribution in [1.29, 1.82) is 0 Å². The van der Waals surface area contributed by atoms with Gasteiger partial charge in [-0.3, -0.25) is 14.3 Å². The molecule has 5 rings (SSSR count). The second kappa shape index (κ2) is 12.0. The number of thioether (sulfide) groups is 1. The number of pyridine rings is 1. The number of halogens is 3. The summed E-state index contributed by atoms with van der Waals surface area (Å²) in [6.07, 6.45) is 3.86. The van der Waals surface area contributed by atoms with E-state index in [1.54, 1.807) is 64.8 Å². The predicted octanol–water partition coefficient (Wildman–Crippen LogP) is 6.50. The number of rotatable bonds is 9. The zero-order valence-corrected chi connectivity index (χ0v) is 22.8. The topological polar surface area (TPSA) is 85.6 Å². The fraction of sp³-hybridized carbons (Fsp3) is 0.115. The first-order valence-corrected chi connectivity index (χ1v) is 14.0. The Labute approximate surface area is 236 Å². The summed E-state index contributed by atoms with van der Waals surface area (Å²) in [5, 5.41) is 15.6. The van der Waals surface area contributed by atoms with Crippen molar-refractivity contribution >= 4 is 52.2 Å². The summed E-state index contributed by atoms with van der Waals surface area (Å²) in [6.45, 7) is 0.408. The van der Waals surface area contributed by atoms with Crippen molar-refractivity contribution in [2.24, 2.45) is 0 Å². The van der Waals surface area contributed by atoms with E-state index in [1.165, 1.54) is 29.2 Å². The first-order chi connectivity index (χ1) is 18.5. The van der Waals surface area contributed by atoms with E-state index in [9.17, 15) is 9.18 Å². The van der Waals surface area contributed by atoms with Crippen molar-refractivity contribution in [2.45, 2.75) is 17.3 Å². The van der Waals surface area contributed by atoms with E-state index in [-0.39, 0.29) is 5.91 Å². The van der Waals surface area contributed by atoms with Crippen molar-refractivity contribution in [1.82, 2.24) is 30.0 Å². The van der Waals surface area contributed by atoms with Crippen molar-refractivity contribution < 1.29 is 9.18 Å². The summed E-state index contributed by atoms with van der Waals surface area (Å²) >= 11 is 14.9. The van der Waals surface area contributed by atoms with E-state index < -0.39 is 5.82 Å². The van der Waals surface area contributed by atoms with Crippen LogP contribution in [0.5, 0.6) is 0 Å². The quantitative estimate of drug-likeness (QED) is 0.199. The van der Waals surface area contributed by atoms with Gasteiger partial charge in [0, 0.05) is 39.9 Å². The fourth-order valence-corrected chi connectivity index (χ4v) is 5.88. The van der Waals surface area contributed by atoms with Crippen LogP contribution in [-0.2, 0) is 12.2 Å². The molecule has 3 aromatic heterocycles. The maximum atomic E-state index is 14.8. The largest absolute Gasteiger partial charge is 0.350 e. The minimum absolute atomic E-state index is 0.267. The van der Waals surface area contributed by atoms with Crippen LogP contribution in [0, 0.1) is 5.82 Å². The molecule has 5 aromatic rings. The molecule has 7 nitrogen and oxygen atoms in total. The van der Waals surface area contributed by atoms with E-state index in [4.69, 9.17) is 23.2 Å². The summed E-state index contributed by atoms with van der Waals surface area (Å²) in [5.74, 6) is 0.274. The van der Waals surface area contributed by atoms with Crippen LogP contribution in [0.1, 0.15) is 21.1 Å². The summed E-state index contributed by atoms with van der Waals surface area (Å²) in [5.41, 5.74) is 2.33. The summed E-state index contributed by atoms with van der Waals surface area (Å²) in [6, 6.07) is 15.3. The molecule has 1 N–H and O–H groups in total. The van der Waals surface area contributed by atoms with Gasteiger partial charge in [0.15, 0.2) is 11.0 Å². The Hall–Kier alpha value is -3.31. The maximum Gasteiger partial charge on any atom is 0.270 e. The highest BCUT2D eigenvalue weighted by atomic mass is 35.5. The Balaban J connectivity index is 1.27. The third-order valence-corrected chi connectivity index (χ3v) is 8.03. The number of nitrogens with one attached hydrogen (secondary N) is 1. The third-order valence-electron chi connectivity index (χ3n) is 5.47. The summed E-state index contributed by atoms with van der Waals surface area (Å²) in [7, 11) is 0. The number of hydrogen-bond acceptors (Lipinski definition) is 7. The molecule has 0 saturated carbocycles. The Morgan fingerprint density at radius 1 is 1.08 bits per heavy atom. The zero-order valence-electron chi connectivity index (χ0n) is 19.6. The molecular weight excluding hydrogens is 566 g/mol. The van der Waals surface area contributed by atoms with E-state index in [0.717, 1.165) is 16.1 Å². The molecule has 2 aromatic carbocycles. The van der Waals surface area contributed by atoms with Gasteiger partial charge in [-0.25, -0.2) is 9.37 Å². The van der Waals surface area contributed by atoms with Crippen LogP contribution >= 0.6 is 46.3 Å². The van der Waals surface area contributed by atoms with Gasteiger partial charge in [0.1, 0.15) is 16.5 Å². The molecule has 192 valence electrons. The first kappa shape index (κ1) is 26.3. The molecule has 3 heterocycles. The normalized spacial score (nSPS) is 11.0. The number of hydrogen-bond donors (Lipinski definition) is 1. The van der Waals surface area contributed by atoms with Crippen LogP contribution in [0.25, 0.3) is 17.1 Å². The molecule has 0 aliphatic carbocycles. The fourth-order valence-electron chi connectivity index (χ4n) is 3.64. The van der Waals surface area contributed by atoms with Gasteiger partial charge in [-0.1, -0.05) is 53.2 Å². The van der Waals surface area contributed by atoms with Crippen LogP contribution < -0.4 is 5.32 Å². The smallest absolute Gasteiger partial charge is 0.270 e. The lowest BCUT2D eigenvalue weighted by Gasteiger charge is -2.10. The van der Waals surface area contributed by atoms with Gasteiger partial charge in [-0.05, 0) is 48.4 Å². The highest BCUT2D eigenvalue weighted by Gasteiger charge is 2.19. The Kier molecular flexibility index (Phi) is 8.33. The first-order valence-electron chi connectivity index (χ1n) is 11.4. The van der Waals surface area contributed by atoms with E-state index in [1.807, 2.05) is 6.07 Å². The molecule has 0 atom stereocenters. The molecule has 0 aliphatic rings. The number of para-hydroxylation sites is 1. The highest BCUT2D eigenvalue weighted by molar-refractivity contribution is 7.98. The lowest BCUT2D eigenvalue weighted by molar-refractivity contribution is 0.0949. The van der Waals surface area contributed by atoms with Gasteiger partial charge < -0.3 is 5.32 Å². The molecule has 1 amide bonds. The van der Waals surface area contributed by atoms with Gasteiger partial charge in [0.2, 0.25) is 0 Å². The van der Waals surface area contributed by atoms with Crippen molar-refractivity contribution in [3.8, 4) is 17.1 Å². The predicted molar refractivity (Wildman–Crippen MR) is 149 cm³/mol. The Bertz CT molecular complexity index is 1580. The second-order valence-corrected chi connectivity index (χ2v) is 10.7. The second-order valence-electron chi connectivity index (χ2n) is 7.99. The van der Waals surface area contributed by atoms with Gasteiger partial charge in [-0.15, -0.1) is 21.5 Å². The van der Waals surface area contributed by atoms with Crippen molar-refractivity contribution in [2.75, 3.05) is 6.54 Å². The molecule has 0 unspecified atom stereocenters. The molecule has 12 heteroatoms. The molecule has 0 saturated heterocycles. The Morgan fingerprint density at radius 2 is 1.89 bits per heavy atom. The molecule has 0 radical (unpaired) electrons. The van der Waals surface area contributed by atoms with E-state index >= 15 is 0 Å². The van der Waals surface area contributed by atoms with Crippen molar-refractivity contribution in [3.05, 3.63) is 104 Å². The van der Waals surface area contributed by atoms with Crippen molar-refractivity contribution in [3.63, 3.8) is 0 Å². The number of carbonyl (C=O) groups excluding carboxylic acids is 1. The van der Waals surface area contributed by atoms with Crippen LogP contribution in [0.2, 0.25) is 10.0 Å². The average molecular weight is 586 g/mol. The number of nitrogens with zero attached hydrogens (tertiary/aromatic N) is 5. The van der Waals surface area contributed by atoms with E-state index in [2.05, 4.69) is 25.5 Å². The van der Waals surface area contributed by atoms with Crippen LogP contribution in [0.15, 0.2) is 77.5 Å². The van der Waals surface area contributed by atoms with Crippen LogP contribution in [0.3, 0.4) is 0 Å². The maximum absolute atomic E-state index is 14.8. The SMILES string of the molecule is O=C(NCCc1ccc(Cl)cc1Cl)c1csc(CSc2nnc(-c3ccncc3)n2-c2ccccc2F)n1. The van der Waals surface area contributed by atoms with Crippen LogP contribution in [-0.4, -0.2) is 37.2 Å². The standard InChI is InChI=1S/C26H19Cl2FN6OS2/c27-18-6-5-16(19(28)13-18)9-12-31-25(36)21-14-37-23(32-21)15-38-26-34-33-24(17-7-10-30-11-8-17)35(26)22-4-2-1-3-20(22)29/h1-8,10-11,13-14H,9,12,15H2,(H,31,36). The number of benzene rings is 2. The minimum atomic E-state index is -0.391. The molecule has 0 aliphatic heterocycles. The Morgan fingerprint density at radius 3 is 2.68 bits per heavy atom.